The van der Waals surface area contributed by atoms with Gasteiger partial charge in [-0.2, -0.15) is 0 Å². The Morgan fingerprint density at radius 2 is 1.88 bits per heavy atom. The Bertz CT molecular complexity index is 270. The second kappa shape index (κ2) is 5.71. The van der Waals surface area contributed by atoms with E-state index in [1.807, 2.05) is 0 Å². The predicted molar refractivity (Wildman–Crippen MR) is 52.0 cm³/mol. The summed E-state index contributed by atoms with van der Waals surface area (Å²) in [5.74, 6) is -1.48. The van der Waals surface area contributed by atoms with E-state index in [4.69, 9.17) is 19.7 Å². The normalized spacial score (nSPS) is 39.9. The van der Waals surface area contributed by atoms with Crippen molar-refractivity contribution < 1.29 is 39.8 Å². The number of carbonyl (C=O) groups is 1. The Labute approximate surface area is 97.0 Å². The first-order valence-corrected chi connectivity index (χ1v) is 5.07. The molecule has 1 saturated heterocycles. The molecular weight excluding hydrogens is 236 g/mol. The predicted octanol–water partition coefficient (Wildman–Crippen LogP) is -2.72. The first kappa shape index (κ1) is 14.3. The van der Waals surface area contributed by atoms with E-state index in [0.717, 1.165) is 0 Å². The molecule has 1 heterocycles. The number of aliphatic carboxylic acids is 1. The summed E-state index contributed by atoms with van der Waals surface area (Å²) in [6.45, 7) is 1.12. The molecule has 17 heavy (non-hydrogen) atoms. The number of hydrogen-bond acceptors (Lipinski definition) is 7. The largest absolute Gasteiger partial charge is 0.479 e. The molecule has 6 atom stereocenters. The van der Waals surface area contributed by atoms with Crippen LogP contribution in [-0.4, -0.2) is 74.9 Å². The van der Waals surface area contributed by atoms with Gasteiger partial charge in [-0.25, -0.2) is 4.79 Å². The molecule has 5 N–H and O–H groups in total. The molecule has 3 unspecified atom stereocenters. The minimum absolute atomic E-state index is 0.358. The molecule has 1 aliphatic rings. The van der Waals surface area contributed by atoms with Gasteiger partial charge in [0.1, 0.15) is 18.3 Å². The highest BCUT2D eigenvalue weighted by molar-refractivity contribution is 5.73. The molecule has 1 fully saturated rings. The summed E-state index contributed by atoms with van der Waals surface area (Å²) >= 11 is 0. The first-order valence-electron chi connectivity index (χ1n) is 5.07. The van der Waals surface area contributed by atoms with E-state index in [9.17, 15) is 20.1 Å². The Hall–Kier alpha value is -0.770. The van der Waals surface area contributed by atoms with Gasteiger partial charge in [-0.1, -0.05) is 0 Å². The van der Waals surface area contributed by atoms with Crippen LogP contribution in [-0.2, 0) is 14.3 Å². The lowest BCUT2D eigenvalue weighted by Crippen LogP contribution is -2.60. The lowest BCUT2D eigenvalue weighted by Gasteiger charge is -2.39. The van der Waals surface area contributed by atoms with Crippen molar-refractivity contribution in [3.05, 3.63) is 0 Å². The first-order chi connectivity index (χ1) is 7.88. The Balaban J connectivity index is 2.74. The summed E-state index contributed by atoms with van der Waals surface area (Å²) in [6.07, 6.45) is -8.84. The van der Waals surface area contributed by atoms with E-state index in [0.29, 0.717) is 0 Å². The van der Waals surface area contributed by atoms with Crippen LogP contribution in [0.4, 0.5) is 0 Å². The summed E-state index contributed by atoms with van der Waals surface area (Å²) in [5, 5.41) is 45.8. The van der Waals surface area contributed by atoms with Crippen molar-refractivity contribution in [2.45, 2.75) is 43.7 Å². The smallest absolute Gasteiger partial charge is 0.335 e. The minimum atomic E-state index is -1.74. The van der Waals surface area contributed by atoms with Gasteiger partial charge in [0.05, 0.1) is 12.7 Å². The molecule has 100 valence electrons. The molecule has 0 amide bonds. The van der Waals surface area contributed by atoms with Crippen molar-refractivity contribution in [2.75, 3.05) is 6.61 Å². The molecule has 8 heteroatoms. The molecule has 0 spiro atoms. The summed E-state index contributed by atoms with van der Waals surface area (Å²) < 4.78 is 9.82. The van der Waals surface area contributed by atoms with Crippen molar-refractivity contribution in [2.24, 2.45) is 0 Å². The van der Waals surface area contributed by atoms with Gasteiger partial charge >= 0.3 is 5.97 Å². The summed E-state index contributed by atoms with van der Waals surface area (Å²) in [5.41, 5.74) is 0. The average Bonchev–Trinajstić information content (AvgIpc) is 2.29. The third-order valence-electron chi connectivity index (χ3n) is 2.44. The van der Waals surface area contributed by atoms with E-state index in [-0.39, 0.29) is 6.61 Å². The monoisotopic (exact) mass is 252 g/mol. The Morgan fingerprint density at radius 1 is 1.29 bits per heavy atom. The number of aliphatic hydroxyl groups excluding tert-OH is 4. The number of aliphatic hydroxyl groups is 4. The van der Waals surface area contributed by atoms with Crippen LogP contribution in [0, 0.1) is 0 Å². The van der Waals surface area contributed by atoms with E-state index in [1.54, 1.807) is 0 Å². The van der Waals surface area contributed by atoms with Gasteiger partial charge in [-0.05, 0) is 6.92 Å². The number of ether oxygens (including phenoxy) is 2. The van der Waals surface area contributed by atoms with Gasteiger partial charge < -0.3 is 35.0 Å². The Morgan fingerprint density at radius 3 is 2.35 bits per heavy atom. The SMILES string of the molecule is CC(CO)O[C@@H]1OC(C(=O)O)[C@@H](O)[C@H](O)C1O. The zero-order valence-corrected chi connectivity index (χ0v) is 9.13. The molecular formula is C9H16O8. The lowest BCUT2D eigenvalue weighted by atomic mass is 9.99. The van der Waals surface area contributed by atoms with Crippen LogP contribution in [0.2, 0.25) is 0 Å². The second-order valence-corrected chi connectivity index (χ2v) is 3.86. The molecule has 1 aliphatic heterocycles. The second-order valence-electron chi connectivity index (χ2n) is 3.86. The molecule has 8 nitrogen and oxygen atoms in total. The molecule has 1 rings (SSSR count). The van der Waals surface area contributed by atoms with Crippen LogP contribution in [0.1, 0.15) is 6.92 Å². The maximum absolute atomic E-state index is 10.7. The van der Waals surface area contributed by atoms with E-state index >= 15 is 0 Å². The average molecular weight is 252 g/mol. The van der Waals surface area contributed by atoms with Crippen molar-refractivity contribution >= 4 is 5.97 Å². The van der Waals surface area contributed by atoms with Crippen molar-refractivity contribution in [3.8, 4) is 0 Å². The van der Waals surface area contributed by atoms with Gasteiger partial charge in [-0.15, -0.1) is 0 Å². The molecule has 0 aliphatic carbocycles. The van der Waals surface area contributed by atoms with Crippen LogP contribution < -0.4 is 0 Å². The fraction of sp³-hybridized carbons (Fsp3) is 0.889. The van der Waals surface area contributed by atoms with Gasteiger partial charge in [-0.3, -0.25) is 0 Å². The number of hydrogen-bond donors (Lipinski definition) is 5. The molecule has 0 saturated carbocycles. The lowest BCUT2D eigenvalue weighted by molar-refractivity contribution is -0.304. The van der Waals surface area contributed by atoms with Crippen LogP contribution in [0.5, 0.6) is 0 Å². The highest BCUT2D eigenvalue weighted by Gasteiger charge is 2.47. The maximum Gasteiger partial charge on any atom is 0.335 e. The molecule has 0 radical (unpaired) electrons. The third-order valence-corrected chi connectivity index (χ3v) is 2.44. The van der Waals surface area contributed by atoms with E-state index in [1.165, 1.54) is 6.92 Å². The van der Waals surface area contributed by atoms with Crippen molar-refractivity contribution in [3.63, 3.8) is 0 Å². The van der Waals surface area contributed by atoms with Crippen LogP contribution in [0.25, 0.3) is 0 Å². The van der Waals surface area contributed by atoms with Gasteiger partial charge in [0, 0.05) is 0 Å². The standard InChI is InChI=1S/C9H16O8/c1-3(2-10)16-9-6(13)4(11)5(12)7(17-9)8(14)15/h3-7,9-13H,2H2,1H3,(H,14,15)/t3?,4-,5-,6?,7?,9+/m0/s1. The fourth-order valence-corrected chi connectivity index (χ4v) is 1.44. The highest BCUT2D eigenvalue weighted by Crippen LogP contribution is 2.23. The minimum Gasteiger partial charge on any atom is -0.479 e. The van der Waals surface area contributed by atoms with Gasteiger partial charge in [0.25, 0.3) is 0 Å². The van der Waals surface area contributed by atoms with E-state index in [2.05, 4.69) is 0 Å². The molecule has 0 aromatic rings. The number of rotatable bonds is 4. The highest BCUT2D eigenvalue weighted by atomic mass is 16.7. The summed E-state index contributed by atoms with van der Waals surface area (Å²) in [4.78, 5) is 10.7. The molecule has 0 aromatic heterocycles. The van der Waals surface area contributed by atoms with Gasteiger partial charge in [0.2, 0.25) is 0 Å². The zero-order chi connectivity index (χ0) is 13.2. The van der Waals surface area contributed by atoms with Gasteiger partial charge in [0.15, 0.2) is 12.4 Å². The topological polar surface area (TPSA) is 137 Å². The zero-order valence-electron chi connectivity index (χ0n) is 9.13. The molecule has 0 bridgehead atoms. The summed E-state index contributed by atoms with van der Waals surface area (Å²) in [6, 6.07) is 0. The number of carboxylic acid groups (broad SMARTS) is 1. The van der Waals surface area contributed by atoms with Crippen molar-refractivity contribution in [1.29, 1.82) is 0 Å². The third kappa shape index (κ3) is 3.12. The number of carboxylic acids is 1. The van der Waals surface area contributed by atoms with Crippen LogP contribution in [0.3, 0.4) is 0 Å². The van der Waals surface area contributed by atoms with Crippen LogP contribution >= 0.6 is 0 Å². The fourth-order valence-electron chi connectivity index (χ4n) is 1.44. The summed E-state index contributed by atoms with van der Waals surface area (Å²) in [7, 11) is 0. The van der Waals surface area contributed by atoms with E-state index < -0.39 is 42.8 Å². The van der Waals surface area contributed by atoms with Crippen molar-refractivity contribution in [1.82, 2.24) is 0 Å². The van der Waals surface area contributed by atoms with Crippen LogP contribution in [0.15, 0.2) is 0 Å². The quantitative estimate of drug-likeness (QED) is 0.364. The Kier molecular flexibility index (Phi) is 4.80. The maximum atomic E-state index is 10.7. The molecule has 0 aromatic carbocycles.